The smallest absolute Gasteiger partial charge is 0.200 e. The third kappa shape index (κ3) is 3.56. The zero-order chi connectivity index (χ0) is 18.5. The highest BCUT2D eigenvalue weighted by Crippen LogP contribution is 2.41. The third-order valence-electron chi connectivity index (χ3n) is 5.23. The molecule has 1 spiro atoms. The minimum atomic E-state index is -3.42. The molecular weight excluding hydrogens is 336 g/mol. The zero-order valence-corrected chi connectivity index (χ0v) is 16.8. The molecule has 0 amide bonds. The molecule has 1 saturated heterocycles. The van der Waals surface area contributed by atoms with E-state index in [1.807, 2.05) is 6.07 Å². The Bertz CT molecular complexity index is 727. The molecule has 0 aromatic carbocycles. The molecule has 1 saturated carbocycles. The Kier molecular flexibility index (Phi) is 4.44. The Morgan fingerprint density at radius 1 is 1.12 bits per heavy atom. The van der Waals surface area contributed by atoms with Crippen LogP contribution >= 0.6 is 0 Å². The van der Waals surface area contributed by atoms with E-state index in [0.717, 1.165) is 31.6 Å². The first-order chi connectivity index (χ1) is 11.4. The van der Waals surface area contributed by atoms with E-state index in [2.05, 4.69) is 23.7 Å². The van der Waals surface area contributed by atoms with Crippen LogP contribution in [0.25, 0.3) is 0 Å². The molecule has 0 atom stereocenters. The van der Waals surface area contributed by atoms with E-state index in [-0.39, 0.29) is 16.2 Å². The maximum absolute atomic E-state index is 12.6. The number of nitrogens with zero attached hydrogens (tertiary/aromatic N) is 2. The van der Waals surface area contributed by atoms with Crippen molar-refractivity contribution in [3.63, 3.8) is 0 Å². The molecule has 1 aliphatic carbocycles. The standard InChI is InChI=1S/C19H30N2O3S/c1-17(2,3)25(22,23)16-9-8-15(12-20-16)21-13-18(4,5)24-19(14-21)10-6-7-11-19/h8-9,12H,6-7,10-11,13-14H2,1-5H3. The number of morpholine rings is 1. The van der Waals surface area contributed by atoms with Gasteiger partial charge in [-0.3, -0.25) is 0 Å². The van der Waals surface area contributed by atoms with Crippen molar-refractivity contribution >= 4 is 15.5 Å². The van der Waals surface area contributed by atoms with Crippen molar-refractivity contribution in [2.75, 3.05) is 18.0 Å². The number of rotatable bonds is 2. The molecule has 0 N–H and O–H groups in total. The van der Waals surface area contributed by atoms with Crippen molar-refractivity contribution in [1.82, 2.24) is 4.98 Å². The van der Waals surface area contributed by atoms with Crippen LogP contribution < -0.4 is 4.90 Å². The van der Waals surface area contributed by atoms with Crippen LogP contribution in [0, 0.1) is 0 Å². The highest BCUT2D eigenvalue weighted by atomic mass is 32.2. The Balaban J connectivity index is 1.87. The molecule has 3 rings (SSSR count). The van der Waals surface area contributed by atoms with Crippen molar-refractivity contribution in [2.45, 2.75) is 81.3 Å². The first-order valence-electron chi connectivity index (χ1n) is 9.10. The van der Waals surface area contributed by atoms with Crippen molar-refractivity contribution in [3.05, 3.63) is 18.3 Å². The fourth-order valence-corrected chi connectivity index (χ4v) is 5.07. The third-order valence-corrected chi connectivity index (χ3v) is 7.63. The predicted octanol–water partition coefficient (Wildman–Crippen LogP) is 3.58. The van der Waals surface area contributed by atoms with Crippen LogP contribution in [-0.4, -0.2) is 42.4 Å². The summed E-state index contributed by atoms with van der Waals surface area (Å²) in [5.74, 6) is 0. The summed E-state index contributed by atoms with van der Waals surface area (Å²) in [6.45, 7) is 11.0. The van der Waals surface area contributed by atoms with Crippen LogP contribution in [0.2, 0.25) is 0 Å². The van der Waals surface area contributed by atoms with E-state index in [9.17, 15) is 8.42 Å². The molecule has 140 valence electrons. The molecule has 1 aromatic rings. The Labute approximate surface area is 151 Å². The minimum Gasteiger partial charge on any atom is -0.365 e. The average Bonchev–Trinajstić information content (AvgIpc) is 2.91. The van der Waals surface area contributed by atoms with Gasteiger partial charge in [0.15, 0.2) is 14.9 Å². The first-order valence-corrected chi connectivity index (χ1v) is 10.6. The lowest BCUT2D eigenvalue weighted by molar-refractivity contribution is -0.148. The Morgan fingerprint density at radius 3 is 2.28 bits per heavy atom. The van der Waals surface area contributed by atoms with Gasteiger partial charge in [-0.1, -0.05) is 12.8 Å². The topological polar surface area (TPSA) is 59.5 Å². The highest BCUT2D eigenvalue weighted by Gasteiger charge is 2.46. The number of anilines is 1. The second kappa shape index (κ2) is 5.95. The number of hydrogen-bond donors (Lipinski definition) is 0. The molecular formula is C19H30N2O3S. The molecule has 0 unspecified atom stereocenters. The molecule has 2 fully saturated rings. The summed E-state index contributed by atoms with van der Waals surface area (Å²) in [4.78, 5) is 6.59. The molecule has 5 nitrogen and oxygen atoms in total. The lowest BCUT2D eigenvalue weighted by atomic mass is 9.94. The number of aromatic nitrogens is 1. The number of hydrogen-bond acceptors (Lipinski definition) is 5. The van der Waals surface area contributed by atoms with Crippen molar-refractivity contribution in [2.24, 2.45) is 0 Å². The quantitative estimate of drug-likeness (QED) is 0.801. The van der Waals surface area contributed by atoms with Crippen molar-refractivity contribution < 1.29 is 13.2 Å². The van der Waals surface area contributed by atoms with Gasteiger partial charge in [0, 0.05) is 13.1 Å². The largest absolute Gasteiger partial charge is 0.365 e. The predicted molar refractivity (Wildman–Crippen MR) is 99.8 cm³/mol. The summed E-state index contributed by atoms with van der Waals surface area (Å²) >= 11 is 0. The molecule has 0 radical (unpaired) electrons. The molecule has 2 aliphatic rings. The maximum atomic E-state index is 12.6. The van der Waals surface area contributed by atoms with Crippen LogP contribution in [0.4, 0.5) is 5.69 Å². The SMILES string of the molecule is CC1(C)CN(c2ccc(S(=O)(=O)C(C)(C)C)nc2)CC2(CCCC2)O1. The molecule has 2 heterocycles. The number of pyridine rings is 1. The lowest BCUT2D eigenvalue weighted by Crippen LogP contribution is -2.58. The number of ether oxygens (including phenoxy) is 1. The van der Waals surface area contributed by atoms with E-state index in [4.69, 9.17) is 4.74 Å². The van der Waals surface area contributed by atoms with Crippen molar-refractivity contribution in [1.29, 1.82) is 0 Å². The average molecular weight is 367 g/mol. The summed E-state index contributed by atoms with van der Waals surface area (Å²) in [5, 5.41) is 0.145. The Morgan fingerprint density at radius 2 is 1.76 bits per heavy atom. The van der Waals surface area contributed by atoms with Gasteiger partial charge >= 0.3 is 0 Å². The second-order valence-corrected chi connectivity index (χ2v) is 11.7. The Hall–Kier alpha value is -1.14. The van der Waals surface area contributed by atoms with Crippen LogP contribution in [0.5, 0.6) is 0 Å². The van der Waals surface area contributed by atoms with Crippen molar-refractivity contribution in [3.8, 4) is 0 Å². The van der Waals surface area contributed by atoms with Crippen LogP contribution in [0.3, 0.4) is 0 Å². The minimum absolute atomic E-state index is 0.0715. The summed E-state index contributed by atoms with van der Waals surface area (Å²) in [5.41, 5.74) is 0.673. The van der Waals surface area contributed by atoms with Gasteiger partial charge in [0.05, 0.1) is 27.8 Å². The normalized spacial score (nSPS) is 23.2. The van der Waals surface area contributed by atoms with Gasteiger partial charge in [-0.05, 0) is 59.6 Å². The molecule has 0 bridgehead atoms. The van der Waals surface area contributed by atoms with E-state index < -0.39 is 14.6 Å². The molecule has 6 heteroatoms. The van der Waals surface area contributed by atoms with Gasteiger partial charge in [0.2, 0.25) is 0 Å². The first kappa shape index (κ1) is 18.6. The lowest BCUT2D eigenvalue weighted by Gasteiger charge is -2.49. The van der Waals surface area contributed by atoms with Gasteiger partial charge < -0.3 is 9.64 Å². The van der Waals surface area contributed by atoms with Gasteiger partial charge in [-0.2, -0.15) is 0 Å². The van der Waals surface area contributed by atoms with Gasteiger partial charge in [0.25, 0.3) is 0 Å². The van der Waals surface area contributed by atoms with Crippen LogP contribution in [-0.2, 0) is 14.6 Å². The fraction of sp³-hybridized carbons (Fsp3) is 0.737. The summed E-state index contributed by atoms with van der Waals surface area (Å²) < 4.78 is 30.7. The summed E-state index contributed by atoms with van der Waals surface area (Å²) in [6.07, 6.45) is 6.31. The summed E-state index contributed by atoms with van der Waals surface area (Å²) in [7, 11) is -3.42. The van der Waals surface area contributed by atoms with E-state index in [0.29, 0.717) is 0 Å². The highest BCUT2D eigenvalue weighted by molar-refractivity contribution is 7.92. The molecule has 1 aromatic heterocycles. The number of sulfone groups is 1. The van der Waals surface area contributed by atoms with Gasteiger partial charge in [-0.15, -0.1) is 0 Å². The van der Waals surface area contributed by atoms with Gasteiger partial charge in [0.1, 0.15) is 0 Å². The zero-order valence-electron chi connectivity index (χ0n) is 16.0. The fourth-order valence-electron chi connectivity index (χ4n) is 4.01. The van der Waals surface area contributed by atoms with E-state index in [1.165, 1.54) is 12.8 Å². The molecule has 1 aliphatic heterocycles. The van der Waals surface area contributed by atoms with Crippen LogP contribution in [0.1, 0.15) is 60.3 Å². The monoisotopic (exact) mass is 366 g/mol. The van der Waals surface area contributed by atoms with E-state index >= 15 is 0 Å². The second-order valence-electron chi connectivity index (χ2n) is 9.08. The molecule has 25 heavy (non-hydrogen) atoms. The van der Waals surface area contributed by atoms with E-state index in [1.54, 1.807) is 33.0 Å². The van der Waals surface area contributed by atoms with Gasteiger partial charge in [-0.25, -0.2) is 13.4 Å². The van der Waals surface area contributed by atoms with Crippen LogP contribution in [0.15, 0.2) is 23.4 Å². The summed E-state index contributed by atoms with van der Waals surface area (Å²) in [6, 6.07) is 3.52. The maximum Gasteiger partial charge on any atom is 0.200 e.